The Morgan fingerprint density at radius 2 is 1.75 bits per heavy atom. The number of benzene rings is 2. The van der Waals surface area contributed by atoms with Gasteiger partial charge in [-0.15, -0.1) is 0 Å². The quantitative estimate of drug-likeness (QED) is 0.699. The zero-order chi connectivity index (χ0) is 11.4. The molecule has 0 fully saturated rings. The van der Waals surface area contributed by atoms with Crippen LogP contribution >= 0.6 is 11.6 Å². The third kappa shape index (κ3) is 2.45. The summed E-state index contributed by atoms with van der Waals surface area (Å²) >= 11 is 6.23. The van der Waals surface area contributed by atoms with E-state index in [9.17, 15) is 0 Å². The first-order valence-electron chi connectivity index (χ1n) is 5.65. The standard InChI is InChI=1S/C15H15Cl/c1-2-6-12-9-10-15(16)14(11-12)13-7-4-3-5-8-13/h3-5,7-11H,2,6H2,1H3. The SMILES string of the molecule is CCCc1ccc(Cl)c(-c2ccccc2)c1. The van der Waals surface area contributed by atoms with Gasteiger partial charge >= 0.3 is 0 Å². The van der Waals surface area contributed by atoms with Crippen LogP contribution in [0.5, 0.6) is 0 Å². The van der Waals surface area contributed by atoms with E-state index >= 15 is 0 Å². The van der Waals surface area contributed by atoms with E-state index in [4.69, 9.17) is 11.6 Å². The molecule has 2 rings (SSSR count). The fraction of sp³-hybridized carbons (Fsp3) is 0.200. The highest BCUT2D eigenvalue weighted by molar-refractivity contribution is 6.33. The molecule has 0 saturated heterocycles. The van der Waals surface area contributed by atoms with Crippen molar-refractivity contribution in [1.29, 1.82) is 0 Å². The van der Waals surface area contributed by atoms with E-state index in [-0.39, 0.29) is 0 Å². The third-order valence-corrected chi connectivity index (χ3v) is 2.98. The molecule has 0 nitrogen and oxygen atoms in total. The zero-order valence-corrected chi connectivity index (χ0v) is 10.2. The van der Waals surface area contributed by atoms with Crippen molar-refractivity contribution in [2.75, 3.05) is 0 Å². The van der Waals surface area contributed by atoms with Crippen LogP contribution in [0.2, 0.25) is 5.02 Å². The first-order chi connectivity index (χ1) is 7.81. The molecule has 0 spiro atoms. The number of hydrogen-bond acceptors (Lipinski definition) is 0. The Balaban J connectivity index is 2.43. The Morgan fingerprint density at radius 1 is 1.00 bits per heavy atom. The number of halogens is 1. The van der Waals surface area contributed by atoms with Crippen molar-refractivity contribution in [3.05, 3.63) is 59.1 Å². The predicted molar refractivity (Wildman–Crippen MR) is 70.9 cm³/mol. The first kappa shape index (κ1) is 11.2. The molecule has 0 heterocycles. The van der Waals surface area contributed by atoms with E-state index in [0.717, 1.165) is 23.4 Å². The molecule has 0 N–H and O–H groups in total. The summed E-state index contributed by atoms with van der Waals surface area (Å²) in [5.41, 5.74) is 3.67. The van der Waals surface area contributed by atoms with Gasteiger partial charge in [0.2, 0.25) is 0 Å². The molecular weight excluding hydrogens is 216 g/mol. The van der Waals surface area contributed by atoms with Gasteiger partial charge < -0.3 is 0 Å². The highest BCUT2D eigenvalue weighted by atomic mass is 35.5. The van der Waals surface area contributed by atoms with Gasteiger partial charge in [-0.2, -0.15) is 0 Å². The molecule has 1 heteroatoms. The maximum Gasteiger partial charge on any atom is 0.0484 e. The van der Waals surface area contributed by atoms with Crippen LogP contribution < -0.4 is 0 Å². The minimum Gasteiger partial charge on any atom is -0.0837 e. The number of hydrogen-bond donors (Lipinski definition) is 0. The van der Waals surface area contributed by atoms with Crippen molar-refractivity contribution in [3.63, 3.8) is 0 Å². The van der Waals surface area contributed by atoms with Gasteiger partial charge in [-0.3, -0.25) is 0 Å². The average Bonchev–Trinajstić information content (AvgIpc) is 2.33. The summed E-state index contributed by atoms with van der Waals surface area (Å²) < 4.78 is 0. The minimum absolute atomic E-state index is 0.825. The largest absolute Gasteiger partial charge is 0.0837 e. The second-order valence-corrected chi connectivity index (χ2v) is 4.34. The van der Waals surface area contributed by atoms with E-state index in [2.05, 4.69) is 31.2 Å². The van der Waals surface area contributed by atoms with Crippen LogP contribution in [0.4, 0.5) is 0 Å². The van der Waals surface area contributed by atoms with Crippen LogP contribution in [0.3, 0.4) is 0 Å². The van der Waals surface area contributed by atoms with Crippen LogP contribution in [-0.2, 0) is 6.42 Å². The van der Waals surface area contributed by atoms with E-state index in [1.54, 1.807) is 0 Å². The fourth-order valence-electron chi connectivity index (χ4n) is 1.86. The summed E-state index contributed by atoms with van der Waals surface area (Å²) in [7, 11) is 0. The normalized spacial score (nSPS) is 10.4. The van der Waals surface area contributed by atoms with E-state index in [0.29, 0.717) is 0 Å². The Bertz CT molecular complexity index is 460. The van der Waals surface area contributed by atoms with Crippen LogP contribution in [0.15, 0.2) is 48.5 Å². The molecule has 0 amide bonds. The minimum atomic E-state index is 0.825. The molecule has 2 aromatic rings. The molecule has 0 saturated carbocycles. The lowest BCUT2D eigenvalue weighted by Gasteiger charge is -2.07. The van der Waals surface area contributed by atoms with Gasteiger partial charge in [0.15, 0.2) is 0 Å². The van der Waals surface area contributed by atoms with Gasteiger partial charge in [0.25, 0.3) is 0 Å². The molecule has 0 aliphatic carbocycles. The monoisotopic (exact) mass is 230 g/mol. The van der Waals surface area contributed by atoms with Gasteiger partial charge in [-0.05, 0) is 29.7 Å². The molecule has 2 aromatic carbocycles. The summed E-state index contributed by atoms with van der Waals surface area (Å²) in [6.45, 7) is 2.19. The molecule has 0 radical (unpaired) electrons. The van der Waals surface area contributed by atoms with Crippen LogP contribution in [0.1, 0.15) is 18.9 Å². The lowest BCUT2D eigenvalue weighted by atomic mass is 10.0. The second kappa shape index (κ2) is 5.18. The lowest BCUT2D eigenvalue weighted by Crippen LogP contribution is -1.86. The van der Waals surface area contributed by atoms with Gasteiger partial charge in [0, 0.05) is 10.6 Å². The van der Waals surface area contributed by atoms with Crippen molar-refractivity contribution < 1.29 is 0 Å². The summed E-state index contributed by atoms with van der Waals surface area (Å²) in [6, 6.07) is 16.6. The molecule has 0 aliphatic heterocycles. The Labute approximate surface area is 102 Å². The second-order valence-electron chi connectivity index (χ2n) is 3.93. The summed E-state index contributed by atoms with van der Waals surface area (Å²) in [4.78, 5) is 0. The lowest BCUT2D eigenvalue weighted by molar-refractivity contribution is 0.922. The molecule has 82 valence electrons. The van der Waals surface area contributed by atoms with Crippen LogP contribution in [0.25, 0.3) is 11.1 Å². The third-order valence-electron chi connectivity index (χ3n) is 2.65. The Morgan fingerprint density at radius 3 is 2.44 bits per heavy atom. The smallest absolute Gasteiger partial charge is 0.0484 e. The predicted octanol–water partition coefficient (Wildman–Crippen LogP) is 4.96. The maximum atomic E-state index is 6.23. The first-order valence-corrected chi connectivity index (χ1v) is 6.03. The van der Waals surface area contributed by atoms with E-state index in [1.807, 2.05) is 24.3 Å². The van der Waals surface area contributed by atoms with Crippen molar-refractivity contribution in [2.24, 2.45) is 0 Å². The van der Waals surface area contributed by atoms with Crippen molar-refractivity contribution in [3.8, 4) is 11.1 Å². The van der Waals surface area contributed by atoms with Crippen LogP contribution in [-0.4, -0.2) is 0 Å². The highest BCUT2D eigenvalue weighted by Crippen LogP contribution is 2.28. The van der Waals surface area contributed by atoms with Crippen molar-refractivity contribution >= 4 is 11.6 Å². The van der Waals surface area contributed by atoms with Crippen molar-refractivity contribution in [2.45, 2.75) is 19.8 Å². The number of rotatable bonds is 3. The molecule has 0 aliphatic rings. The molecular formula is C15H15Cl. The average molecular weight is 231 g/mol. The zero-order valence-electron chi connectivity index (χ0n) is 9.41. The fourth-order valence-corrected chi connectivity index (χ4v) is 2.08. The molecule has 0 aromatic heterocycles. The molecule has 0 unspecified atom stereocenters. The maximum absolute atomic E-state index is 6.23. The van der Waals surface area contributed by atoms with Gasteiger partial charge in [-0.25, -0.2) is 0 Å². The van der Waals surface area contributed by atoms with Crippen LogP contribution in [0, 0.1) is 0 Å². The van der Waals surface area contributed by atoms with Crippen molar-refractivity contribution in [1.82, 2.24) is 0 Å². The van der Waals surface area contributed by atoms with Gasteiger partial charge in [0.1, 0.15) is 0 Å². The molecule has 0 atom stereocenters. The molecule has 0 bridgehead atoms. The number of aryl methyl sites for hydroxylation is 1. The Kier molecular flexibility index (Phi) is 3.63. The summed E-state index contributed by atoms with van der Waals surface area (Å²) in [6.07, 6.45) is 2.27. The molecule has 16 heavy (non-hydrogen) atoms. The van der Waals surface area contributed by atoms with Gasteiger partial charge in [0.05, 0.1) is 0 Å². The Hall–Kier alpha value is -1.27. The summed E-state index contributed by atoms with van der Waals surface area (Å²) in [5.74, 6) is 0. The van der Waals surface area contributed by atoms with E-state index < -0.39 is 0 Å². The van der Waals surface area contributed by atoms with E-state index in [1.165, 1.54) is 11.1 Å². The highest BCUT2D eigenvalue weighted by Gasteiger charge is 2.03. The summed E-state index contributed by atoms with van der Waals surface area (Å²) in [5, 5.41) is 0.825. The van der Waals surface area contributed by atoms with Gasteiger partial charge in [-0.1, -0.05) is 61.3 Å². The topological polar surface area (TPSA) is 0 Å².